The predicted molar refractivity (Wildman–Crippen MR) is 114 cm³/mol. The molecule has 156 valence electrons. The summed E-state index contributed by atoms with van der Waals surface area (Å²) in [4.78, 5) is 33.8. The van der Waals surface area contributed by atoms with Crippen LogP contribution < -0.4 is 4.90 Å². The standard InChI is InChI=1S/C24H33N3O2/c28-23(26-15-6-14-25-13-5-8-19(25)17-26)20-9-2-3-10-21(20)24(29)27-16-12-18-7-1-4-11-22(18)27/h1,4,7,11,19-21H,2-3,5-6,8-10,12-17H2/t19-,20+,21+/m0/s1. The Bertz CT molecular complexity index is 779. The summed E-state index contributed by atoms with van der Waals surface area (Å²) in [7, 11) is 0. The van der Waals surface area contributed by atoms with Gasteiger partial charge in [-0.05, 0) is 56.7 Å². The first-order valence-corrected chi connectivity index (χ1v) is 11.6. The highest BCUT2D eigenvalue weighted by Gasteiger charge is 2.42. The monoisotopic (exact) mass is 395 g/mol. The second-order valence-corrected chi connectivity index (χ2v) is 9.34. The van der Waals surface area contributed by atoms with E-state index in [9.17, 15) is 9.59 Å². The van der Waals surface area contributed by atoms with Crippen molar-refractivity contribution in [2.24, 2.45) is 11.8 Å². The van der Waals surface area contributed by atoms with E-state index in [0.29, 0.717) is 6.04 Å². The van der Waals surface area contributed by atoms with Crippen LogP contribution in [0.1, 0.15) is 50.5 Å². The van der Waals surface area contributed by atoms with Gasteiger partial charge in [-0.1, -0.05) is 31.0 Å². The molecule has 1 aromatic rings. The fourth-order valence-electron chi connectivity index (χ4n) is 6.13. The average Bonchev–Trinajstić information content (AvgIpc) is 3.34. The first kappa shape index (κ1) is 19.1. The molecule has 0 unspecified atom stereocenters. The van der Waals surface area contributed by atoms with Crippen LogP contribution in [-0.2, 0) is 16.0 Å². The Morgan fingerprint density at radius 2 is 1.55 bits per heavy atom. The highest BCUT2D eigenvalue weighted by molar-refractivity contribution is 5.99. The number of hydrogen-bond donors (Lipinski definition) is 0. The number of para-hydroxylation sites is 1. The number of hydrogen-bond acceptors (Lipinski definition) is 3. The van der Waals surface area contributed by atoms with Crippen LogP contribution in [0.5, 0.6) is 0 Å². The van der Waals surface area contributed by atoms with Crippen molar-refractivity contribution in [2.45, 2.75) is 57.4 Å². The van der Waals surface area contributed by atoms with Gasteiger partial charge in [-0.15, -0.1) is 0 Å². The molecule has 3 atom stereocenters. The van der Waals surface area contributed by atoms with Crippen molar-refractivity contribution in [2.75, 3.05) is 37.6 Å². The summed E-state index contributed by atoms with van der Waals surface area (Å²) in [6, 6.07) is 8.77. The summed E-state index contributed by atoms with van der Waals surface area (Å²) in [6.07, 6.45) is 8.32. The molecule has 3 aliphatic heterocycles. The number of anilines is 1. The molecule has 1 saturated carbocycles. The maximum absolute atomic E-state index is 13.6. The summed E-state index contributed by atoms with van der Waals surface area (Å²) in [5.74, 6) is 0.164. The van der Waals surface area contributed by atoms with Crippen molar-refractivity contribution < 1.29 is 9.59 Å². The molecule has 3 fully saturated rings. The molecule has 0 aromatic heterocycles. The smallest absolute Gasteiger partial charge is 0.230 e. The van der Waals surface area contributed by atoms with Crippen LogP contribution in [0, 0.1) is 11.8 Å². The van der Waals surface area contributed by atoms with Gasteiger partial charge in [0, 0.05) is 43.8 Å². The summed E-state index contributed by atoms with van der Waals surface area (Å²) in [5.41, 5.74) is 2.32. The molecule has 1 aromatic carbocycles. The maximum Gasteiger partial charge on any atom is 0.230 e. The minimum absolute atomic E-state index is 0.128. The third-order valence-corrected chi connectivity index (χ3v) is 7.67. The quantitative estimate of drug-likeness (QED) is 0.773. The Morgan fingerprint density at radius 3 is 2.41 bits per heavy atom. The molecular formula is C24H33N3O2. The first-order valence-electron chi connectivity index (χ1n) is 11.6. The fraction of sp³-hybridized carbons (Fsp3) is 0.667. The van der Waals surface area contributed by atoms with E-state index < -0.39 is 0 Å². The number of fused-ring (bicyclic) bond motifs is 2. The van der Waals surface area contributed by atoms with E-state index in [-0.39, 0.29) is 23.7 Å². The summed E-state index contributed by atoms with van der Waals surface area (Å²) in [5, 5.41) is 0. The third-order valence-electron chi connectivity index (χ3n) is 7.67. The first-order chi connectivity index (χ1) is 14.2. The lowest BCUT2D eigenvalue weighted by Gasteiger charge is -2.36. The van der Waals surface area contributed by atoms with Gasteiger partial charge < -0.3 is 9.80 Å². The van der Waals surface area contributed by atoms with Crippen LogP contribution in [0.15, 0.2) is 24.3 Å². The summed E-state index contributed by atoms with van der Waals surface area (Å²) >= 11 is 0. The molecule has 5 nitrogen and oxygen atoms in total. The highest BCUT2D eigenvalue weighted by Crippen LogP contribution is 2.37. The molecule has 5 rings (SSSR count). The molecule has 1 aliphatic carbocycles. The Balaban J connectivity index is 1.33. The van der Waals surface area contributed by atoms with E-state index in [1.54, 1.807) is 0 Å². The van der Waals surface area contributed by atoms with Crippen molar-refractivity contribution in [1.82, 2.24) is 9.80 Å². The average molecular weight is 396 g/mol. The maximum atomic E-state index is 13.6. The number of rotatable bonds is 2. The minimum Gasteiger partial charge on any atom is -0.341 e. The van der Waals surface area contributed by atoms with E-state index in [2.05, 4.69) is 21.9 Å². The molecule has 4 aliphatic rings. The van der Waals surface area contributed by atoms with E-state index >= 15 is 0 Å². The zero-order valence-corrected chi connectivity index (χ0v) is 17.4. The number of amides is 2. The number of carbonyl (C=O) groups excluding carboxylic acids is 2. The van der Waals surface area contributed by atoms with Crippen LogP contribution in [0.2, 0.25) is 0 Å². The molecule has 29 heavy (non-hydrogen) atoms. The van der Waals surface area contributed by atoms with E-state index in [1.807, 2.05) is 17.0 Å². The molecule has 0 radical (unpaired) electrons. The van der Waals surface area contributed by atoms with Crippen molar-refractivity contribution in [3.8, 4) is 0 Å². The second kappa shape index (κ2) is 8.10. The lowest BCUT2D eigenvalue weighted by molar-refractivity contribution is -0.143. The third kappa shape index (κ3) is 3.58. The fourth-order valence-corrected chi connectivity index (χ4v) is 6.13. The van der Waals surface area contributed by atoms with Gasteiger partial charge in [0.25, 0.3) is 0 Å². The molecule has 5 heteroatoms. The Hall–Kier alpha value is -1.88. The lowest BCUT2D eigenvalue weighted by atomic mass is 9.77. The molecule has 3 heterocycles. The normalized spacial score (nSPS) is 30.0. The van der Waals surface area contributed by atoms with Crippen LogP contribution in [0.25, 0.3) is 0 Å². The zero-order valence-electron chi connectivity index (χ0n) is 17.4. The Labute approximate surface area is 174 Å². The number of carbonyl (C=O) groups is 2. The van der Waals surface area contributed by atoms with Gasteiger partial charge in [0.2, 0.25) is 11.8 Å². The molecule has 0 bridgehead atoms. The van der Waals surface area contributed by atoms with Gasteiger partial charge in [0.1, 0.15) is 0 Å². The van der Waals surface area contributed by atoms with Gasteiger partial charge in [0.05, 0.1) is 5.92 Å². The van der Waals surface area contributed by atoms with Crippen molar-refractivity contribution in [1.29, 1.82) is 0 Å². The zero-order chi connectivity index (χ0) is 19.8. The molecule has 2 amide bonds. The second-order valence-electron chi connectivity index (χ2n) is 9.34. The van der Waals surface area contributed by atoms with Gasteiger partial charge in [0.15, 0.2) is 0 Å². The topological polar surface area (TPSA) is 43.9 Å². The Morgan fingerprint density at radius 1 is 0.793 bits per heavy atom. The summed E-state index contributed by atoms with van der Waals surface area (Å²) < 4.78 is 0. The lowest BCUT2D eigenvalue weighted by Crippen LogP contribution is -2.48. The Kier molecular flexibility index (Phi) is 5.33. The molecule has 0 spiro atoms. The predicted octanol–water partition coefficient (Wildman–Crippen LogP) is 3.08. The van der Waals surface area contributed by atoms with Crippen LogP contribution in [0.3, 0.4) is 0 Å². The van der Waals surface area contributed by atoms with Gasteiger partial charge in [-0.25, -0.2) is 0 Å². The molecule has 0 N–H and O–H groups in total. The van der Waals surface area contributed by atoms with E-state index in [1.165, 1.54) is 24.9 Å². The van der Waals surface area contributed by atoms with Crippen molar-refractivity contribution >= 4 is 17.5 Å². The van der Waals surface area contributed by atoms with Crippen LogP contribution in [-0.4, -0.2) is 60.4 Å². The molecular weight excluding hydrogens is 362 g/mol. The van der Waals surface area contributed by atoms with Crippen LogP contribution >= 0.6 is 0 Å². The van der Waals surface area contributed by atoms with Crippen molar-refractivity contribution in [3.63, 3.8) is 0 Å². The van der Waals surface area contributed by atoms with Crippen molar-refractivity contribution in [3.05, 3.63) is 29.8 Å². The largest absolute Gasteiger partial charge is 0.341 e. The van der Waals surface area contributed by atoms with Gasteiger partial charge in [-0.2, -0.15) is 0 Å². The SMILES string of the molecule is O=C([C@@H]1CCCC[C@H]1C(=O)N1CCc2ccccc21)N1CCCN2CCC[C@H]2C1. The van der Waals surface area contributed by atoms with E-state index in [0.717, 1.165) is 70.4 Å². The number of benzene rings is 1. The molecule has 2 saturated heterocycles. The minimum atomic E-state index is -0.148. The summed E-state index contributed by atoms with van der Waals surface area (Å²) in [6.45, 7) is 4.78. The number of nitrogens with zero attached hydrogens (tertiary/aromatic N) is 3. The van der Waals surface area contributed by atoms with E-state index in [4.69, 9.17) is 0 Å². The van der Waals surface area contributed by atoms with Gasteiger partial charge in [-0.3, -0.25) is 14.5 Å². The van der Waals surface area contributed by atoms with Crippen LogP contribution in [0.4, 0.5) is 5.69 Å². The highest BCUT2D eigenvalue weighted by atomic mass is 16.2. The van der Waals surface area contributed by atoms with Gasteiger partial charge >= 0.3 is 0 Å².